The summed E-state index contributed by atoms with van der Waals surface area (Å²) in [7, 11) is 0. The molecule has 0 radical (unpaired) electrons. The van der Waals surface area contributed by atoms with Crippen molar-refractivity contribution in [1.82, 2.24) is 10.6 Å². The molecular formula is C20H24F2N2O2. The minimum absolute atomic E-state index is 0.0119. The molecule has 0 saturated carbocycles. The summed E-state index contributed by atoms with van der Waals surface area (Å²) < 4.78 is 31.6. The third kappa shape index (κ3) is 6.70. The number of carbonyl (C=O) groups is 1. The van der Waals surface area contributed by atoms with Crippen molar-refractivity contribution in [3.8, 4) is 5.75 Å². The highest BCUT2D eigenvalue weighted by Crippen LogP contribution is 2.17. The largest absolute Gasteiger partial charge is 0.488 e. The normalized spacial score (nSPS) is 12.9. The molecule has 2 N–H and O–H groups in total. The average Bonchev–Trinajstić information content (AvgIpc) is 2.60. The fraction of sp³-hybridized carbons (Fsp3) is 0.350. The zero-order chi connectivity index (χ0) is 18.9. The van der Waals surface area contributed by atoms with Crippen molar-refractivity contribution in [2.24, 2.45) is 0 Å². The van der Waals surface area contributed by atoms with Gasteiger partial charge in [-0.05, 0) is 44.4 Å². The second kappa shape index (κ2) is 9.75. The lowest BCUT2D eigenvalue weighted by molar-refractivity contribution is 0.221. The van der Waals surface area contributed by atoms with Crippen LogP contribution in [0.25, 0.3) is 0 Å². The van der Waals surface area contributed by atoms with Gasteiger partial charge in [-0.15, -0.1) is 0 Å². The molecule has 2 aromatic rings. The van der Waals surface area contributed by atoms with Crippen LogP contribution in [-0.4, -0.2) is 24.7 Å². The van der Waals surface area contributed by atoms with Gasteiger partial charge >= 0.3 is 6.03 Å². The average molecular weight is 362 g/mol. The molecule has 140 valence electrons. The highest BCUT2D eigenvalue weighted by molar-refractivity contribution is 5.74. The summed E-state index contributed by atoms with van der Waals surface area (Å²) in [6.45, 7) is 3.77. The van der Waals surface area contributed by atoms with Crippen LogP contribution >= 0.6 is 0 Å². The monoisotopic (exact) mass is 362 g/mol. The summed E-state index contributed by atoms with van der Waals surface area (Å²) in [5, 5.41) is 5.61. The topological polar surface area (TPSA) is 50.4 Å². The number of nitrogens with one attached hydrogen (secondary N) is 2. The smallest absolute Gasteiger partial charge is 0.315 e. The fourth-order valence-electron chi connectivity index (χ4n) is 2.44. The van der Waals surface area contributed by atoms with E-state index in [9.17, 15) is 13.6 Å². The van der Waals surface area contributed by atoms with E-state index in [1.165, 1.54) is 11.6 Å². The van der Waals surface area contributed by atoms with Crippen molar-refractivity contribution in [1.29, 1.82) is 0 Å². The molecule has 26 heavy (non-hydrogen) atoms. The predicted molar refractivity (Wildman–Crippen MR) is 97.2 cm³/mol. The number of hydrogen-bond acceptors (Lipinski definition) is 2. The van der Waals surface area contributed by atoms with E-state index in [1.807, 2.05) is 25.1 Å². The van der Waals surface area contributed by atoms with Gasteiger partial charge in [0.1, 0.15) is 12.4 Å². The summed E-state index contributed by atoms with van der Waals surface area (Å²) in [4.78, 5) is 12.0. The Morgan fingerprint density at radius 3 is 2.42 bits per heavy atom. The van der Waals surface area contributed by atoms with E-state index >= 15 is 0 Å². The minimum atomic E-state index is -0.767. The molecule has 0 aliphatic heterocycles. The first-order valence-electron chi connectivity index (χ1n) is 8.63. The molecular weight excluding hydrogens is 338 g/mol. The Labute approximate surface area is 152 Å². The molecule has 0 heterocycles. The van der Waals surface area contributed by atoms with Crippen LogP contribution < -0.4 is 15.4 Å². The second-order valence-corrected chi connectivity index (χ2v) is 6.33. The second-order valence-electron chi connectivity index (χ2n) is 6.33. The van der Waals surface area contributed by atoms with Gasteiger partial charge in [0.25, 0.3) is 0 Å². The number of rotatable bonds is 8. The van der Waals surface area contributed by atoms with E-state index in [1.54, 1.807) is 6.92 Å². The molecule has 2 aromatic carbocycles. The number of hydrogen-bond donors (Lipinski definition) is 2. The molecule has 4 nitrogen and oxygen atoms in total. The van der Waals surface area contributed by atoms with Crippen molar-refractivity contribution >= 4 is 6.03 Å². The van der Waals surface area contributed by atoms with Gasteiger partial charge in [0.2, 0.25) is 0 Å². The Bertz CT molecular complexity index is 710. The van der Waals surface area contributed by atoms with Crippen LogP contribution in [0.5, 0.6) is 5.75 Å². The van der Waals surface area contributed by atoms with Crippen LogP contribution in [0.3, 0.4) is 0 Å². The molecule has 0 aliphatic carbocycles. The van der Waals surface area contributed by atoms with Crippen molar-refractivity contribution in [2.75, 3.05) is 6.61 Å². The Morgan fingerprint density at radius 1 is 1.04 bits per heavy atom. The zero-order valence-electron chi connectivity index (χ0n) is 15.0. The Kier molecular flexibility index (Phi) is 7.38. The van der Waals surface area contributed by atoms with Gasteiger partial charge in [0.15, 0.2) is 11.6 Å². The highest BCUT2D eigenvalue weighted by atomic mass is 19.1. The van der Waals surface area contributed by atoms with Crippen LogP contribution in [0.4, 0.5) is 13.6 Å². The first-order chi connectivity index (χ1) is 12.4. The van der Waals surface area contributed by atoms with Gasteiger partial charge in [0.05, 0.1) is 6.04 Å². The summed E-state index contributed by atoms with van der Waals surface area (Å²) in [5.41, 5.74) is 1.23. The van der Waals surface area contributed by atoms with Gasteiger partial charge in [0, 0.05) is 12.1 Å². The summed E-state index contributed by atoms with van der Waals surface area (Å²) >= 11 is 0. The Balaban J connectivity index is 1.69. The number of halogens is 2. The molecule has 2 atom stereocenters. The number of amides is 2. The van der Waals surface area contributed by atoms with Crippen molar-refractivity contribution in [2.45, 2.75) is 38.8 Å². The SMILES string of the molecule is CC(CCc1ccccc1)NC(=O)NC(C)COc1ccc(F)cc1F. The fourth-order valence-corrected chi connectivity index (χ4v) is 2.44. The Hall–Kier alpha value is -2.63. The molecule has 0 bridgehead atoms. The number of benzene rings is 2. The molecule has 2 rings (SSSR count). The van der Waals surface area contributed by atoms with Gasteiger partial charge in [-0.1, -0.05) is 30.3 Å². The number of urea groups is 1. The minimum Gasteiger partial charge on any atom is -0.488 e. The van der Waals surface area contributed by atoms with E-state index < -0.39 is 11.6 Å². The lowest BCUT2D eigenvalue weighted by atomic mass is 10.1. The summed E-state index contributed by atoms with van der Waals surface area (Å²) in [5.74, 6) is -1.47. The molecule has 0 fully saturated rings. The third-order valence-corrected chi connectivity index (χ3v) is 3.85. The van der Waals surface area contributed by atoms with Gasteiger partial charge < -0.3 is 15.4 Å². The van der Waals surface area contributed by atoms with Gasteiger partial charge in [-0.2, -0.15) is 0 Å². The standard InChI is InChI=1S/C20H24F2N2O2/c1-14(8-9-16-6-4-3-5-7-16)23-20(25)24-15(2)13-26-19-11-10-17(21)12-18(19)22/h3-7,10-12,14-15H,8-9,13H2,1-2H3,(H2,23,24,25). The molecule has 0 aromatic heterocycles. The maximum absolute atomic E-state index is 13.5. The van der Waals surface area contributed by atoms with E-state index in [0.717, 1.165) is 25.0 Å². The molecule has 0 aliphatic rings. The van der Waals surface area contributed by atoms with Crippen LogP contribution in [0.2, 0.25) is 0 Å². The molecule has 0 spiro atoms. The van der Waals surface area contributed by atoms with Crippen molar-refractivity contribution < 1.29 is 18.3 Å². The van der Waals surface area contributed by atoms with Gasteiger partial charge in [-0.25, -0.2) is 13.6 Å². The van der Waals surface area contributed by atoms with Crippen LogP contribution in [0.15, 0.2) is 48.5 Å². The third-order valence-electron chi connectivity index (χ3n) is 3.85. The van der Waals surface area contributed by atoms with E-state index in [-0.39, 0.29) is 30.5 Å². The summed E-state index contributed by atoms with van der Waals surface area (Å²) in [6.07, 6.45) is 1.70. The zero-order valence-corrected chi connectivity index (χ0v) is 15.0. The van der Waals surface area contributed by atoms with Crippen LogP contribution in [0, 0.1) is 11.6 Å². The Morgan fingerprint density at radius 2 is 1.73 bits per heavy atom. The lowest BCUT2D eigenvalue weighted by Gasteiger charge is -2.19. The first kappa shape index (κ1) is 19.7. The summed E-state index contributed by atoms with van der Waals surface area (Å²) in [6, 6.07) is 12.5. The number of aryl methyl sites for hydroxylation is 1. The molecule has 6 heteroatoms. The number of ether oxygens (including phenoxy) is 1. The van der Waals surface area contributed by atoms with E-state index in [2.05, 4.69) is 22.8 Å². The van der Waals surface area contributed by atoms with E-state index in [0.29, 0.717) is 0 Å². The predicted octanol–water partition coefficient (Wildman–Crippen LogP) is 4.05. The lowest BCUT2D eigenvalue weighted by Crippen LogP contribution is -2.46. The first-order valence-corrected chi connectivity index (χ1v) is 8.63. The highest BCUT2D eigenvalue weighted by Gasteiger charge is 2.12. The molecule has 2 unspecified atom stereocenters. The van der Waals surface area contributed by atoms with Crippen molar-refractivity contribution in [3.05, 3.63) is 65.7 Å². The van der Waals surface area contributed by atoms with Gasteiger partial charge in [-0.3, -0.25) is 0 Å². The quantitative estimate of drug-likeness (QED) is 0.744. The van der Waals surface area contributed by atoms with Crippen molar-refractivity contribution in [3.63, 3.8) is 0 Å². The maximum atomic E-state index is 13.5. The molecule has 0 saturated heterocycles. The van der Waals surface area contributed by atoms with Crippen LogP contribution in [0.1, 0.15) is 25.8 Å². The maximum Gasteiger partial charge on any atom is 0.315 e. The van der Waals surface area contributed by atoms with E-state index in [4.69, 9.17) is 4.74 Å². The number of carbonyl (C=O) groups excluding carboxylic acids is 1. The molecule has 2 amide bonds. The van der Waals surface area contributed by atoms with Crippen LogP contribution in [-0.2, 0) is 6.42 Å².